The van der Waals surface area contributed by atoms with E-state index >= 15 is 0 Å². The number of pyridine rings is 1. The van der Waals surface area contributed by atoms with Crippen molar-refractivity contribution >= 4 is 17.7 Å². The van der Waals surface area contributed by atoms with E-state index in [1.54, 1.807) is 24.1 Å². The molecule has 1 unspecified atom stereocenters. The first-order valence-corrected chi connectivity index (χ1v) is 6.38. The summed E-state index contributed by atoms with van der Waals surface area (Å²) in [6.07, 6.45) is 1.03. The molecule has 16 heavy (non-hydrogen) atoms. The smallest absolute Gasteiger partial charge is 0.270 e. The van der Waals surface area contributed by atoms with Crippen LogP contribution in [0.4, 0.5) is 0 Å². The molecule has 1 fully saturated rings. The number of rotatable bonds is 2. The van der Waals surface area contributed by atoms with Crippen LogP contribution in [0.1, 0.15) is 16.9 Å². The molecule has 1 amide bonds. The van der Waals surface area contributed by atoms with Crippen molar-refractivity contribution in [1.82, 2.24) is 9.88 Å². The largest absolute Gasteiger partial charge is 0.337 e. The first-order valence-electron chi connectivity index (χ1n) is 5.23. The Morgan fingerprint density at radius 3 is 3.00 bits per heavy atom. The number of nitrogens with zero attached hydrogens (tertiary/aromatic N) is 1. The standard InChI is InChI=1S/C11H14N2O2S/c1-13(8-5-6-16-7-8)11(15)9-3-2-4-10(14)12-9/h2-4,8H,5-7H2,1H3,(H,12,14). The Labute approximate surface area is 98.0 Å². The van der Waals surface area contributed by atoms with E-state index in [2.05, 4.69) is 4.98 Å². The molecule has 0 spiro atoms. The van der Waals surface area contributed by atoms with Gasteiger partial charge in [-0.1, -0.05) is 6.07 Å². The zero-order chi connectivity index (χ0) is 11.5. The van der Waals surface area contributed by atoms with Gasteiger partial charge in [-0.2, -0.15) is 11.8 Å². The van der Waals surface area contributed by atoms with Crippen LogP contribution in [0.3, 0.4) is 0 Å². The summed E-state index contributed by atoms with van der Waals surface area (Å²) >= 11 is 1.86. The summed E-state index contributed by atoms with van der Waals surface area (Å²) in [6.45, 7) is 0. The predicted molar refractivity (Wildman–Crippen MR) is 64.9 cm³/mol. The molecule has 1 N–H and O–H groups in total. The Kier molecular flexibility index (Phi) is 3.33. The van der Waals surface area contributed by atoms with Gasteiger partial charge >= 0.3 is 0 Å². The number of nitrogens with one attached hydrogen (secondary N) is 1. The molecule has 1 atom stereocenters. The van der Waals surface area contributed by atoms with E-state index in [4.69, 9.17) is 0 Å². The molecule has 0 saturated carbocycles. The first-order chi connectivity index (χ1) is 7.68. The highest BCUT2D eigenvalue weighted by Gasteiger charge is 2.24. The number of carbonyl (C=O) groups excluding carboxylic acids is 1. The SMILES string of the molecule is CN(C(=O)c1cccc(=O)[nH]1)C1CCSC1. The number of aromatic amines is 1. The van der Waals surface area contributed by atoms with E-state index < -0.39 is 0 Å². The van der Waals surface area contributed by atoms with Crippen LogP contribution < -0.4 is 5.56 Å². The summed E-state index contributed by atoms with van der Waals surface area (Å²) in [6, 6.07) is 4.94. The summed E-state index contributed by atoms with van der Waals surface area (Å²) in [4.78, 5) is 27.4. The van der Waals surface area contributed by atoms with Crippen molar-refractivity contribution in [2.45, 2.75) is 12.5 Å². The van der Waals surface area contributed by atoms with Crippen molar-refractivity contribution in [1.29, 1.82) is 0 Å². The van der Waals surface area contributed by atoms with Crippen LogP contribution in [0.2, 0.25) is 0 Å². The third-order valence-corrected chi connectivity index (χ3v) is 3.92. The fourth-order valence-electron chi connectivity index (χ4n) is 1.76. The number of aromatic nitrogens is 1. The van der Waals surface area contributed by atoms with Gasteiger partial charge in [-0.05, 0) is 18.2 Å². The molecular weight excluding hydrogens is 224 g/mol. The third-order valence-electron chi connectivity index (χ3n) is 2.77. The van der Waals surface area contributed by atoms with Gasteiger partial charge in [0.1, 0.15) is 5.69 Å². The maximum absolute atomic E-state index is 12.0. The number of thioether (sulfide) groups is 1. The zero-order valence-corrected chi connectivity index (χ0v) is 9.92. The van der Waals surface area contributed by atoms with E-state index in [1.165, 1.54) is 6.07 Å². The topological polar surface area (TPSA) is 53.2 Å². The summed E-state index contributed by atoms with van der Waals surface area (Å²) in [5.74, 6) is 1.98. The van der Waals surface area contributed by atoms with E-state index in [-0.39, 0.29) is 11.5 Å². The molecule has 2 heterocycles. The Bertz CT molecular complexity index is 438. The average molecular weight is 238 g/mol. The lowest BCUT2D eigenvalue weighted by atomic mass is 10.2. The normalized spacial score (nSPS) is 19.7. The van der Waals surface area contributed by atoms with Gasteiger partial charge in [-0.25, -0.2) is 0 Å². The molecular formula is C11H14N2O2S. The second-order valence-corrected chi connectivity index (χ2v) is 5.01. The highest BCUT2D eigenvalue weighted by atomic mass is 32.2. The average Bonchev–Trinajstić information content (AvgIpc) is 2.80. The third kappa shape index (κ3) is 2.29. The van der Waals surface area contributed by atoms with Gasteiger partial charge < -0.3 is 9.88 Å². The second kappa shape index (κ2) is 4.74. The van der Waals surface area contributed by atoms with Crippen LogP contribution in [0.5, 0.6) is 0 Å². The van der Waals surface area contributed by atoms with Gasteiger partial charge in [-0.15, -0.1) is 0 Å². The van der Waals surface area contributed by atoms with Gasteiger partial charge in [0.25, 0.3) is 5.91 Å². The maximum Gasteiger partial charge on any atom is 0.270 e. The number of hydrogen-bond donors (Lipinski definition) is 1. The molecule has 0 radical (unpaired) electrons. The minimum Gasteiger partial charge on any atom is -0.337 e. The molecule has 1 aromatic rings. The van der Waals surface area contributed by atoms with Crippen LogP contribution in [-0.2, 0) is 0 Å². The maximum atomic E-state index is 12.0. The fourth-order valence-corrected chi connectivity index (χ4v) is 3.02. The van der Waals surface area contributed by atoms with Crippen molar-refractivity contribution in [3.63, 3.8) is 0 Å². The van der Waals surface area contributed by atoms with E-state index in [0.29, 0.717) is 11.7 Å². The molecule has 1 aromatic heterocycles. The number of carbonyl (C=O) groups is 1. The van der Waals surface area contributed by atoms with Crippen LogP contribution in [0.25, 0.3) is 0 Å². The molecule has 1 aliphatic heterocycles. The van der Waals surface area contributed by atoms with Crippen molar-refractivity contribution in [3.8, 4) is 0 Å². The Morgan fingerprint density at radius 2 is 2.38 bits per heavy atom. The molecule has 2 rings (SSSR count). The lowest BCUT2D eigenvalue weighted by Crippen LogP contribution is -2.37. The van der Waals surface area contributed by atoms with Crippen molar-refractivity contribution in [2.24, 2.45) is 0 Å². The highest BCUT2D eigenvalue weighted by Crippen LogP contribution is 2.22. The predicted octanol–water partition coefficient (Wildman–Crippen LogP) is 0.952. The number of H-pyrrole nitrogens is 1. The van der Waals surface area contributed by atoms with E-state index in [9.17, 15) is 9.59 Å². The Balaban J connectivity index is 2.15. The van der Waals surface area contributed by atoms with Gasteiger partial charge in [-0.3, -0.25) is 9.59 Å². The van der Waals surface area contributed by atoms with Gasteiger partial charge in [0.2, 0.25) is 5.56 Å². The molecule has 0 aliphatic carbocycles. The molecule has 1 saturated heterocycles. The van der Waals surface area contributed by atoms with Gasteiger partial charge in [0.05, 0.1) is 0 Å². The summed E-state index contributed by atoms with van der Waals surface area (Å²) in [5.41, 5.74) is 0.131. The van der Waals surface area contributed by atoms with Crippen molar-refractivity contribution in [2.75, 3.05) is 18.6 Å². The molecule has 1 aliphatic rings. The Morgan fingerprint density at radius 1 is 1.56 bits per heavy atom. The molecule has 4 nitrogen and oxygen atoms in total. The summed E-state index contributed by atoms with van der Waals surface area (Å²) in [5, 5.41) is 0. The summed E-state index contributed by atoms with van der Waals surface area (Å²) in [7, 11) is 1.80. The number of amides is 1. The molecule has 86 valence electrons. The minimum atomic E-state index is -0.236. The quantitative estimate of drug-likeness (QED) is 0.834. The van der Waals surface area contributed by atoms with Crippen LogP contribution in [0.15, 0.2) is 23.0 Å². The van der Waals surface area contributed by atoms with Gasteiger partial charge in [0.15, 0.2) is 0 Å². The van der Waals surface area contributed by atoms with Crippen LogP contribution in [-0.4, -0.2) is 40.4 Å². The number of hydrogen-bond acceptors (Lipinski definition) is 3. The molecule has 0 aromatic carbocycles. The van der Waals surface area contributed by atoms with E-state index in [1.807, 2.05) is 11.8 Å². The minimum absolute atomic E-state index is 0.106. The Hall–Kier alpha value is -1.23. The summed E-state index contributed by atoms with van der Waals surface area (Å²) < 4.78 is 0. The van der Waals surface area contributed by atoms with Crippen molar-refractivity contribution < 1.29 is 4.79 Å². The van der Waals surface area contributed by atoms with E-state index in [0.717, 1.165) is 17.9 Å². The lowest BCUT2D eigenvalue weighted by Gasteiger charge is -2.23. The van der Waals surface area contributed by atoms with Crippen molar-refractivity contribution in [3.05, 3.63) is 34.2 Å². The second-order valence-electron chi connectivity index (χ2n) is 3.86. The van der Waals surface area contributed by atoms with Gasteiger partial charge in [0, 0.05) is 24.9 Å². The zero-order valence-electron chi connectivity index (χ0n) is 9.10. The molecule has 5 heteroatoms. The fraction of sp³-hybridized carbons (Fsp3) is 0.455. The monoisotopic (exact) mass is 238 g/mol. The molecule has 0 bridgehead atoms. The highest BCUT2D eigenvalue weighted by molar-refractivity contribution is 7.99. The lowest BCUT2D eigenvalue weighted by molar-refractivity contribution is 0.0741. The van der Waals surface area contributed by atoms with Crippen LogP contribution in [0, 0.1) is 0 Å². The first kappa shape index (κ1) is 11.3. The van der Waals surface area contributed by atoms with Crippen LogP contribution >= 0.6 is 11.8 Å².